The van der Waals surface area contributed by atoms with Crippen molar-refractivity contribution >= 4 is 28.3 Å². The Bertz CT molecular complexity index is 1170. The van der Waals surface area contributed by atoms with Crippen LogP contribution in [0.4, 0.5) is 11.4 Å². The minimum absolute atomic E-state index is 0.155. The van der Waals surface area contributed by atoms with Gasteiger partial charge in [-0.1, -0.05) is 36.4 Å². The molecule has 0 aliphatic carbocycles. The molecule has 0 saturated carbocycles. The van der Waals surface area contributed by atoms with Gasteiger partial charge in [0.15, 0.2) is 0 Å². The minimum Gasteiger partial charge on any atom is -0.397 e. The van der Waals surface area contributed by atoms with Crippen molar-refractivity contribution in [1.29, 1.82) is 0 Å². The number of nitrogens with one attached hydrogen (secondary N) is 2. The third-order valence-corrected chi connectivity index (χ3v) is 4.45. The average molecular weight is 358 g/mol. The van der Waals surface area contributed by atoms with Crippen LogP contribution < -0.4 is 16.7 Å². The standard InChI is InChI=1S/C21H18N4O2/c22-16-5-1-2-6-17(16)23-20(26)15-11-9-14(10-12-15)13-25-19-8-4-3-7-18(19)24-21(25)27/h1-12H,13,22H2,(H,23,26)(H,24,27). The molecule has 0 saturated heterocycles. The first kappa shape index (κ1) is 16.7. The Labute approximate surface area is 155 Å². The Morgan fingerprint density at radius 2 is 1.67 bits per heavy atom. The SMILES string of the molecule is Nc1ccccc1NC(=O)c1ccc(Cn2c(=O)[nH]c3ccccc32)cc1. The van der Waals surface area contributed by atoms with Gasteiger partial charge in [-0.3, -0.25) is 9.36 Å². The topological polar surface area (TPSA) is 92.9 Å². The van der Waals surface area contributed by atoms with E-state index in [9.17, 15) is 9.59 Å². The van der Waals surface area contributed by atoms with Crippen LogP contribution in [0.25, 0.3) is 11.0 Å². The number of fused-ring (bicyclic) bond motifs is 1. The van der Waals surface area contributed by atoms with Crippen LogP contribution in [-0.4, -0.2) is 15.5 Å². The van der Waals surface area contributed by atoms with E-state index < -0.39 is 0 Å². The average Bonchev–Trinajstić information content (AvgIpc) is 2.99. The van der Waals surface area contributed by atoms with E-state index in [1.54, 1.807) is 28.8 Å². The van der Waals surface area contributed by atoms with Crippen molar-refractivity contribution in [3.8, 4) is 0 Å². The second kappa shape index (κ2) is 6.84. The van der Waals surface area contributed by atoms with Gasteiger partial charge in [0.05, 0.1) is 29.0 Å². The van der Waals surface area contributed by atoms with Crippen LogP contribution in [0.5, 0.6) is 0 Å². The predicted molar refractivity (Wildman–Crippen MR) is 107 cm³/mol. The van der Waals surface area contributed by atoms with E-state index in [1.165, 1.54) is 0 Å². The number of para-hydroxylation sites is 4. The van der Waals surface area contributed by atoms with E-state index in [4.69, 9.17) is 5.73 Å². The maximum absolute atomic E-state index is 12.4. The smallest absolute Gasteiger partial charge is 0.326 e. The molecular formula is C21H18N4O2. The summed E-state index contributed by atoms with van der Waals surface area (Å²) in [5, 5.41) is 2.80. The van der Waals surface area contributed by atoms with Gasteiger partial charge >= 0.3 is 5.69 Å². The van der Waals surface area contributed by atoms with E-state index in [0.717, 1.165) is 16.6 Å². The van der Waals surface area contributed by atoms with Crippen molar-refractivity contribution in [1.82, 2.24) is 9.55 Å². The molecule has 4 aromatic rings. The second-order valence-electron chi connectivity index (χ2n) is 6.27. The number of nitrogens with zero attached hydrogens (tertiary/aromatic N) is 1. The molecule has 0 aliphatic rings. The van der Waals surface area contributed by atoms with Crippen molar-refractivity contribution in [2.45, 2.75) is 6.54 Å². The number of rotatable bonds is 4. The summed E-state index contributed by atoms with van der Waals surface area (Å²) < 4.78 is 1.68. The largest absolute Gasteiger partial charge is 0.397 e. The van der Waals surface area contributed by atoms with Crippen LogP contribution in [0.2, 0.25) is 0 Å². The highest BCUT2D eigenvalue weighted by Crippen LogP contribution is 2.18. The van der Waals surface area contributed by atoms with Gasteiger partial charge in [0.1, 0.15) is 0 Å². The highest BCUT2D eigenvalue weighted by atomic mass is 16.2. The van der Waals surface area contributed by atoms with E-state index in [-0.39, 0.29) is 11.6 Å². The third-order valence-electron chi connectivity index (χ3n) is 4.45. The fourth-order valence-electron chi connectivity index (χ4n) is 3.01. The van der Waals surface area contributed by atoms with Gasteiger partial charge in [-0.15, -0.1) is 0 Å². The Morgan fingerprint density at radius 1 is 0.963 bits per heavy atom. The quantitative estimate of drug-likeness (QED) is 0.489. The number of benzene rings is 3. The maximum atomic E-state index is 12.4. The van der Waals surface area contributed by atoms with Crippen LogP contribution in [0, 0.1) is 0 Å². The summed E-state index contributed by atoms with van der Waals surface area (Å²) in [5.41, 5.74) is 9.90. The number of hydrogen-bond acceptors (Lipinski definition) is 3. The van der Waals surface area contributed by atoms with Gasteiger partial charge in [-0.05, 0) is 42.0 Å². The Kier molecular flexibility index (Phi) is 4.22. The number of hydrogen-bond donors (Lipinski definition) is 3. The van der Waals surface area contributed by atoms with Crippen molar-refractivity contribution in [2.75, 3.05) is 11.1 Å². The van der Waals surface area contributed by atoms with Crippen LogP contribution >= 0.6 is 0 Å². The Hall–Kier alpha value is -3.80. The molecule has 27 heavy (non-hydrogen) atoms. The van der Waals surface area contributed by atoms with E-state index in [0.29, 0.717) is 23.5 Å². The van der Waals surface area contributed by atoms with Gasteiger partial charge in [-0.25, -0.2) is 4.79 Å². The zero-order valence-corrected chi connectivity index (χ0v) is 14.5. The number of carbonyl (C=O) groups excluding carboxylic acids is 1. The van der Waals surface area contributed by atoms with Crippen molar-refractivity contribution in [3.05, 3.63) is 94.4 Å². The molecule has 0 fully saturated rings. The third kappa shape index (κ3) is 3.32. The lowest BCUT2D eigenvalue weighted by molar-refractivity contribution is 0.102. The summed E-state index contributed by atoms with van der Waals surface area (Å²) in [7, 11) is 0. The van der Waals surface area contributed by atoms with Crippen LogP contribution in [0.3, 0.4) is 0 Å². The highest BCUT2D eigenvalue weighted by Gasteiger charge is 2.10. The van der Waals surface area contributed by atoms with Crippen LogP contribution in [0.1, 0.15) is 15.9 Å². The molecule has 4 rings (SSSR count). The zero-order valence-electron chi connectivity index (χ0n) is 14.5. The number of nitrogens with two attached hydrogens (primary N) is 1. The van der Waals surface area contributed by atoms with Crippen molar-refractivity contribution in [2.24, 2.45) is 0 Å². The molecule has 0 atom stereocenters. The predicted octanol–water partition coefficient (Wildman–Crippen LogP) is 3.21. The fraction of sp³-hybridized carbons (Fsp3) is 0.0476. The van der Waals surface area contributed by atoms with Gasteiger partial charge in [0, 0.05) is 5.56 Å². The van der Waals surface area contributed by atoms with Crippen LogP contribution in [-0.2, 0) is 6.54 Å². The van der Waals surface area contributed by atoms with E-state index in [1.807, 2.05) is 48.5 Å². The summed E-state index contributed by atoms with van der Waals surface area (Å²) in [5.74, 6) is -0.233. The lowest BCUT2D eigenvalue weighted by Crippen LogP contribution is -2.17. The van der Waals surface area contributed by atoms with Gasteiger partial charge in [-0.2, -0.15) is 0 Å². The molecule has 1 heterocycles. The molecular weight excluding hydrogens is 340 g/mol. The first-order valence-corrected chi connectivity index (χ1v) is 8.54. The molecule has 0 bridgehead atoms. The highest BCUT2D eigenvalue weighted by molar-refractivity contribution is 6.05. The normalized spacial score (nSPS) is 10.8. The van der Waals surface area contributed by atoms with Gasteiger partial charge in [0.2, 0.25) is 0 Å². The second-order valence-corrected chi connectivity index (χ2v) is 6.27. The molecule has 6 heteroatoms. The Morgan fingerprint density at radius 3 is 2.44 bits per heavy atom. The molecule has 1 aromatic heterocycles. The molecule has 6 nitrogen and oxygen atoms in total. The van der Waals surface area contributed by atoms with E-state index >= 15 is 0 Å². The molecule has 134 valence electrons. The van der Waals surface area contributed by atoms with E-state index in [2.05, 4.69) is 10.3 Å². The Balaban J connectivity index is 1.54. The number of carbonyl (C=O) groups is 1. The molecule has 0 spiro atoms. The molecule has 4 N–H and O–H groups in total. The number of H-pyrrole nitrogens is 1. The molecule has 0 aliphatic heterocycles. The summed E-state index contributed by atoms with van der Waals surface area (Å²) in [6, 6.07) is 21.8. The number of aromatic nitrogens is 2. The van der Waals surface area contributed by atoms with Gasteiger partial charge in [0.25, 0.3) is 5.91 Å². The molecule has 0 radical (unpaired) electrons. The summed E-state index contributed by atoms with van der Waals surface area (Å²) in [6.07, 6.45) is 0. The minimum atomic E-state index is -0.233. The van der Waals surface area contributed by atoms with Gasteiger partial charge < -0.3 is 16.0 Å². The van der Waals surface area contributed by atoms with Crippen molar-refractivity contribution < 1.29 is 4.79 Å². The van der Waals surface area contributed by atoms with Crippen molar-refractivity contribution in [3.63, 3.8) is 0 Å². The lowest BCUT2D eigenvalue weighted by Gasteiger charge is -2.09. The zero-order chi connectivity index (χ0) is 18.8. The monoisotopic (exact) mass is 358 g/mol. The lowest BCUT2D eigenvalue weighted by atomic mass is 10.1. The number of amides is 1. The summed E-state index contributed by atoms with van der Waals surface area (Å²) in [4.78, 5) is 27.4. The number of nitrogen functional groups attached to an aromatic ring is 1. The number of anilines is 2. The maximum Gasteiger partial charge on any atom is 0.326 e. The fourth-order valence-corrected chi connectivity index (χ4v) is 3.01. The van der Waals surface area contributed by atoms with Crippen LogP contribution in [0.15, 0.2) is 77.6 Å². The first-order chi connectivity index (χ1) is 13.1. The first-order valence-electron chi connectivity index (χ1n) is 8.54. The number of imidazole rings is 1. The molecule has 0 unspecified atom stereocenters. The summed E-state index contributed by atoms with van der Waals surface area (Å²) in [6.45, 7) is 0.427. The number of aromatic amines is 1. The molecule has 1 amide bonds. The molecule has 3 aromatic carbocycles. The summed E-state index contributed by atoms with van der Waals surface area (Å²) >= 11 is 0.